The molecule has 0 amide bonds. The first-order valence-electron chi connectivity index (χ1n) is 5.77. The number of carboxylic acid groups (broad SMARTS) is 1. The third-order valence-electron chi connectivity index (χ3n) is 2.67. The Hall–Kier alpha value is -2.01. The van der Waals surface area contributed by atoms with Gasteiger partial charge in [-0.25, -0.2) is 9.78 Å². The predicted molar refractivity (Wildman–Crippen MR) is 70.6 cm³/mol. The number of rotatable bonds is 5. The molecular weight excluding hydrogens is 268 g/mol. The molecule has 1 heterocycles. The van der Waals surface area contributed by atoms with Crippen molar-refractivity contribution < 1.29 is 14.6 Å². The minimum absolute atomic E-state index is 0.0436. The molecule has 0 spiro atoms. The van der Waals surface area contributed by atoms with Crippen LogP contribution in [0.1, 0.15) is 23.1 Å². The summed E-state index contributed by atoms with van der Waals surface area (Å²) in [5, 5.41) is 9.45. The highest BCUT2D eigenvalue weighted by Crippen LogP contribution is 2.23. The van der Waals surface area contributed by atoms with E-state index in [1.165, 1.54) is 6.07 Å². The lowest BCUT2D eigenvalue weighted by Crippen LogP contribution is -2.08. The summed E-state index contributed by atoms with van der Waals surface area (Å²) in [4.78, 5) is 15.3. The number of benzene rings is 1. The third-order valence-corrected chi connectivity index (χ3v) is 2.91. The van der Waals surface area contributed by atoms with E-state index in [0.29, 0.717) is 5.02 Å². The maximum absolute atomic E-state index is 11.1. The molecule has 0 bridgehead atoms. The van der Waals surface area contributed by atoms with Crippen LogP contribution in [0, 0.1) is 0 Å². The molecule has 1 N–H and O–H groups in total. The van der Waals surface area contributed by atoms with Gasteiger partial charge in [0.15, 0.2) is 0 Å². The zero-order valence-corrected chi connectivity index (χ0v) is 11.1. The lowest BCUT2D eigenvalue weighted by atomic mass is 10.2. The molecule has 1 aromatic heterocycles. The van der Waals surface area contributed by atoms with Gasteiger partial charge in [-0.05, 0) is 25.1 Å². The van der Waals surface area contributed by atoms with Gasteiger partial charge in [0.2, 0.25) is 0 Å². The number of hydrogen-bond acceptors (Lipinski definition) is 3. The number of aryl methyl sites for hydroxylation is 1. The van der Waals surface area contributed by atoms with E-state index in [0.717, 1.165) is 12.4 Å². The highest BCUT2D eigenvalue weighted by molar-refractivity contribution is 6.31. The first-order valence-corrected chi connectivity index (χ1v) is 6.15. The van der Waals surface area contributed by atoms with Gasteiger partial charge in [0.1, 0.15) is 23.7 Å². The van der Waals surface area contributed by atoms with Crippen LogP contribution in [0.15, 0.2) is 30.6 Å². The molecule has 19 heavy (non-hydrogen) atoms. The molecular formula is C13H13ClN2O3. The molecule has 5 nitrogen and oxygen atoms in total. The smallest absolute Gasteiger partial charge is 0.339 e. The Morgan fingerprint density at radius 1 is 1.53 bits per heavy atom. The Balaban J connectivity index is 2.18. The largest absolute Gasteiger partial charge is 0.485 e. The van der Waals surface area contributed by atoms with E-state index in [9.17, 15) is 4.79 Å². The number of aromatic nitrogens is 2. The number of nitrogens with zero attached hydrogens (tertiary/aromatic N) is 2. The summed E-state index contributed by atoms with van der Waals surface area (Å²) >= 11 is 5.77. The third kappa shape index (κ3) is 3.06. The average molecular weight is 281 g/mol. The average Bonchev–Trinajstić information content (AvgIpc) is 2.84. The molecule has 2 aromatic rings. The van der Waals surface area contributed by atoms with Gasteiger partial charge in [-0.15, -0.1) is 0 Å². The molecule has 2 rings (SSSR count). The van der Waals surface area contributed by atoms with Crippen molar-refractivity contribution in [1.29, 1.82) is 0 Å². The van der Waals surface area contributed by atoms with Crippen molar-refractivity contribution >= 4 is 17.6 Å². The fraction of sp³-hybridized carbons (Fsp3) is 0.231. The Morgan fingerprint density at radius 2 is 2.32 bits per heavy atom. The number of carbonyl (C=O) groups is 1. The van der Waals surface area contributed by atoms with E-state index < -0.39 is 5.97 Å². The predicted octanol–water partition coefficient (Wildman–Crippen LogP) is 2.83. The molecule has 6 heteroatoms. The molecule has 0 saturated heterocycles. The summed E-state index contributed by atoms with van der Waals surface area (Å²) in [5.74, 6) is -0.0484. The summed E-state index contributed by atoms with van der Waals surface area (Å²) in [6.07, 6.45) is 3.53. The summed E-state index contributed by atoms with van der Waals surface area (Å²) in [6.45, 7) is 2.99. The lowest BCUT2D eigenvalue weighted by molar-refractivity contribution is 0.0691. The van der Waals surface area contributed by atoms with Gasteiger partial charge in [0.25, 0.3) is 0 Å². The van der Waals surface area contributed by atoms with E-state index >= 15 is 0 Å². The summed E-state index contributed by atoms with van der Waals surface area (Å²) in [7, 11) is 0. The van der Waals surface area contributed by atoms with Crippen molar-refractivity contribution in [3.05, 3.63) is 47.0 Å². The number of aromatic carboxylic acids is 1. The summed E-state index contributed by atoms with van der Waals surface area (Å²) in [6, 6.07) is 4.51. The number of ether oxygens (including phenoxy) is 1. The number of halogens is 1. The fourth-order valence-electron chi connectivity index (χ4n) is 1.71. The zero-order chi connectivity index (χ0) is 13.8. The monoisotopic (exact) mass is 280 g/mol. The Bertz CT molecular complexity index is 595. The van der Waals surface area contributed by atoms with Crippen molar-refractivity contribution in [2.45, 2.75) is 20.1 Å². The molecule has 0 aliphatic heterocycles. The van der Waals surface area contributed by atoms with Gasteiger partial charge in [-0.1, -0.05) is 11.6 Å². The van der Waals surface area contributed by atoms with Crippen LogP contribution in [0.3, 0.4) is 0 Å². The highest BCUT2D eigenvalue weighted by Gasteiger charge is 2.13. The summed E-state index contributed by atoms with van der Waals surface area (Å²) < 4.78 is 7.44. The molecule has 100 valence electrons. The zero-order valence-electron chi connectivity index (χ0n) is 10.3. The van der Waals surface area contributed by atoms with Gasteiger partial charge in [-0.3, -0.25) is 0 Å². The number of imidazole rings is 1. The lowest BCUT2D eigenvalue weighted by Gasteiger charge is -2.10. The van der Waals surface area contributed by atoms with Crippen LogP contribution in [-0.4, -0.2) is 20.6 Å². The maximum atomic E-state index is 11.1. The van der Waals surface area contributed by atoms with Gasteiger partial charge >= 0.3 is 5.97 Å². The van der Waals surface area contributed by atoms with Gasteiger partial charge < -0.3 is 14.4 Å². The Labute approximate surface area is 115 Å². The highest BCUT2D eigenvalue weighted by atomic mass is 35.5. The van der Waals surface area contributed by atoms with Crippen LogP contribution >= 0.6 is 11.6 Å². The fourth-order valence-corrected chi connectivity index (χ4v) is 1.88. The van der Waals surface area contributed by atoms with E-state index in [-0.39, 0.29) is 17.9 Å². The standard InChI is InChI=1S/C13H13ClN2O3/c1-2-16-6-5-15-12(16)8-19-11-4-3-9(14)7-10(11)13(17)18/h3-7H,2,8H2,1H3,(H,17,18). The Morgan fingerprint density at radius 3 is 3.00 bits per heavy atom. The minimum Gasteiger partial charge on any atom is -0.485 e. The van der Waals surface area contributed by atoms with E-state index in [2.05, 4.69) is 4.98 Å². The summed E-state index contributed by atoms with van der Waals surface area (Å²) in [5.41, 5.74) is 0.0436. The van der Waals surface area contributed by atoms with Crippen molar-refractivity contribution in [2.24, 2.45) is 0 Å². The molecule has 0 saturated carbocycles. The SMILES string of the molecule is CCn1ccnc1COc1ccc(Cl)cc1C(=O)O. The van der Waals surface area contributed by atoms with E-state index in [1.54, 1.807) is 18.3 Å². The first-order chi connectivity index (χ1) is 9.11. The molecule has 0 atom stereocenters. The van der Waals surface area contributed by atoms with Crippen LogP contribution in [0.5, 0.6) is 5.75 Å². The van der Waals surface area contributed by atoms with Gasteiger partial charge in [0.05, 0.1) is 0 Å². The second-order valence-corrected chi connectivity index (χ2v) is 4.30. The van der Waals surface area contributed by atoms with E-state index in [1.807, 2.05) is 17.7 Å². The van der Waals surface area contributed by atoms with Crippen LogP contribution in [0.25, 0.3) is 0 Å². The van der Waals surface area contributed by atoms with E-state index in [4.69, 9.17) is 21.4 Å². The van der Waals surface area contributed by atoms with Crippen LogP contribution in [-0.2, 0) is 13.2 Å². The molecule has 0 unspecified atom stereocenters. The Kier molecular flexibility index (Phi) is 4.06. The van der Waals surface area contributed by atoms with Crippen LogP contribution in [0.4, 0.5) is 0 Å². The van der Waals surface area contributed by atoms with Crippen molar-refractivity contribution in [3.63, 3.8) is 0 Å². The number of carboxylic acids is 1. The molecule has 0 aliphatic carbocycles. The quantitative estimate of drug-likeness (QED) is 0.915. The van der Waals surface area contributed by atoms with Gasteiger partial charge in [-0.2, -0.15) is 0 Å². The van der Waals surface area contributed by atoms with Crippen molar-refractivity contribution in [2.75, 3.05) is 0 Å². The van der Waals surface area contributed by atoms with Crippen molar-refractivity contribution in [1.82, 2.24) is 9.55 Å². The van der Waals surface area contributed by atoms with Crippen LogP contribution in [0.2, 0.25) is 5.02 Å². The molecule has 1 aromatic carbocycles. The number of hydrogen-bond donors (Lipinski definition) is 1. The molecule has 0 aliphatic rings. The van der Waals surface area contributed by atoms with Gasteiger partial charge in [0, 0.05) is 24.0 Å². The first kappa shape index (κ1) is 13.4. The van der Waals surface area contributed by atoms with Crippen LogP contribution < -0.4 is 4.74 Å². The second kappa shape index (κ2) is 5.75. The minimum atomic E-state index is -1.07. The second-order valence-electron chi connectivity index (χ2n) is 3.86. The normalized spacial score (nSPS) is 10.4. The molecule has 0 radical (unpaired) electrons. The molecule has 0 fully saturated rings. The maximum Gasteiger partial charge on any atom is 0.339 e. The topological polar surface area (TPSA) is 64.4 Å². The van der Waals surface area contributed by atoms with Crippen molar-refractivity contribution in [3.8, 4) is 5.75 Å².